The second kappa shape index (κ2) is 7.39. The molecule has 0 aliphatic carbocycles. The van der Waals surface area contributed by atoms with Crippen LogP contribution in [0.3, 0.4) is 0 Å². The minimum atomic E-state index is -0.692. The van der Waals surface area contributed by atoms with E-state index in [9.17, 15) is 9.59 Å². The lowest BCUT2D eigenvalue weighted by Crippen LogP contribution is -2.20. The molecule has 1 atom stereocenters. The molecule has 0 saturated carbocycles. The Morgan fingerprint density at radius 2 is 1.96 bits per heavy atom. The van der Waals surface area contributed by atoms with Gasteiger partial charge in [-0.15, -0.1) is 0 Å². The van der Waals surface area contributed by atoms with E-state index in [4.69, 9.17) is 9.47 Å². The smallest absolute Gasteiger partial charge is 0.344 e. The molecule has 134 valence electrons. The molecule has 0 bridgehead atoms. The van der Waals surface area contributed by atoms with Crippen molar-refractivity contribution in [2.24, 2.45) is 0 Å². The highest BCUT2D eigenvalue weighted by atomic mass is 16.6. The summed E-state index contributed by atoms with van der Waals surface area (Å²) < 4.78 is 10.8. The molecule has 0 radical (unpaired) electrons. The summed E-state index contributed by atoms with van der Waals surface area (Å²) in [6, 6.07) is 12.7. The monoisotopic (exact) mass is 352 g/mol. The SMILES string of the molecule is Cc1ccc(OCC(=O)O[C@@H](C)c2nc3ccccc3c(=O)[nH]2)c(C)c1. The van der Waals surface area contributed by atoms with Crippen LogP contribution in [0.15, 0.2) is 47.3 Å². The van der Waals surface area contributed by atoms with E-state index in [0.29, 0.717) is 22.5 Å². The maximum Gasteiger partial charge on any atom is 0.344 e. The number of nitrogens with one attached hydrogen (secondary N) is 1. The number of aromatic amines is 1. The molecule has 0 unspecified atom stereocenters. The number of fused-ring (bicyclic) bond motifs is 1. The van der Waals surface area contributed by atoms with Gasteiger partial charge in [0.15, 0.2) is 18.5 Å². The molecule has 3 rings (SSSR count). The van der Waals surface area contributed by atoms with Crippen LogP contribution in [0.4, 0.5) is 0 Å². The Labute approximate surface area is 150 Å². The largest absolute Gasteiger partial charge is 0.482 e. The third kappa shape index (κ3) is 3.91. The molecule has 0 spiro atoms. The quantitative estimate of drug-likeness (QED) is 0.713. The third-order valence-electron chi connectivity index (χ3n) is 4.00. The fraction of sp³-hybridized carbons (Fsp3) is 0.250. The molecule has 1 aromatic heterocycles. The van der Waals surface area contributed by atoms with Gasteiger partial charge in [-0.05, 0) is 44.5 Å². The zero-order valence-corrected chi connectivity index (χ0v) is 14.9. The number of ether oxygens (including phenoxy) is 2. The molecule has 0 aliphatic rings. The molecule has 6 nitrogen and oxygen atoms in total. The van der Waals surface area contributed by atoms with Crippen LogP contribution in [-0.4, -0.2) is 22.5 Å². The zero-order valence-electron chi connectivity index (χ0n) is 14.9. The topological polar surface area (TPSA) is 81.3 Å². The zero-order chi connectivity index (χ0) is 18.7. The number of aromatic nitrogens is 2. The Morgan fingerprint density at radius 3 is 2.73 bits per heavy atom. The van der Waals surface area contributed by atoms with Crippen LogP contribution in [0, 0.1) is 13.8 Å². The molecule has 1 N–H and O–H groups in total. The molecule has 3 aromatic rings. The van der Waals surface area contributed by atoms with Crippen molar-refractivity contribution in [2.45, 2.75) is 26.9 Å². The Bertz CT molecular complexity index is 1010. The minimum Gasteiger partial charge on any atom is -0.482 e. The number of nitrogens with zero attached hydrogens (tertiary/aromatic N) is 1. The van der Waals surface area contributed by atoms with Gasteiger partial charge < -0.3 is 14.5 Å². The van der Waals surface area contributed by atoms with Crippen LogP contribution < -0.4 is 10.3 Å². The summed E-state index contributed by atoms with van der Waals surface area (Å²) in [4.78, 5) is 31.2. The highest BCUT2D eigenvalue weighted by Gasteiger charge is 2.16. The average Bonchev–Trinajstić information content (AvgIpc) is 2.61. The number of hydrogen-bond donors (Lipinski definition) is 1. The van der Waals surface area contributed by atoms with E-state index >= 15 is 0 Å². The highest BCUT2D eigenvalue weighted by Crippen LogP contribution is 2.19. The Balaban J connectivity index is 1.66. The summed E-state index contributed by atoms with van der Waals surface area (Å²) in [6.07, 6.45) is -0.692. The average molecular weight is 352 g/mol. The number of benzene rings is 2. The lowest BCUT2D eigenvalue weighted by molar-refractivity contribution is -0.151. The number of hydrogen-bond acceptors (Lipinski definition) is 5. The molecule has 6 heteroatoms. The molecule has 0 aliphatic heterocycles. The van der Waals surface area contributed by atoms with Crippen molar-refractivity contribution >= 4 is 16.9 Å². The van der Waals surface area contributed by atoms with Crippen LogP contribution in [0.5, 0.6) is 5.75 Å². The van der Waals surface area contributed by atoms with Crippen molar-refractivity contribution in [3.63, 3.8) is 0 Å². The first-order valence-corrected chi connectivity index (χ1v) is 8.32. The van der Waals surface area contributed by atoms with Gasteiger partial charge in [0.25, 0.3) is 5.56 Å². The molecular formula is C20H20N2O4. The predicted molar refractivity (Wildman–Crippen MR) is 98.3 cm³/mol. The van der Waals surface area contributed by atoms with Crippen molar-refractivity contribution in [3.8, 4) is 5.75 Å². The molecule has 26 heavy (non-hydrogen) atoms. The number of carbonyl (C=O) groups excluding carboxylic acids is 1. The van der Waals surface area contributed by atoms with Crippen LogP contribution in [0.25, 0.3) is 10.9 Å². The van der Waals surface area contributed by atoms with Crippen LogP contribution in [0.2, 0.25) is 0 Å². The van der Waals surface area contributed by atoms with Gasteiger partial charge in [0.2, 0.25) is 0 Å². The Hall–Kier alpha value is -3.15. The predicted octanol–water partition coefficient (Wildman–Crippen LogP) is 3.22. The lowest BCUT2D eigenvalue weighted by Gasteiger charge is -2.14. The second-order valence-electron chi connectivity index (χ2n) is 6.16. The number of para-hydroxylation sites is 1. The van der Waals surface area contributed by atoms with E-state index in [2.05, 4.69) is 9.97 Å². The van der Waals surface area contributed by atoms with Crippen molar-refractivity contribution in [2.75, 3.05) is 6.61 Å². The number of esters is 1. The van der Waals surface area contributed by atoms with Crippen molar-refractivity contribution < 1.29 is 14.3 Å². The second-order valence-corrected chi connectivity index (χ2v) is 6.16. The van der Waals surface area contributed by atoms with Crippen molar-refractivity contribution in [1.82, 2.24) is 9.97 Å². The van der Waals surface area contributed by atoms with Gasteiger partial charge in [-0.3, -0.25) is 4.79 Å². The van der Waals surface area contributed by atoms with Crippen LogP contribution in [-0.2, 0) is 9.53 Å². The first kappa shape index (κ1) is 17.7. The van der Waals surface area contributed by atoms with E-state index in [0.717, 1.165) is 11.1 Å². The summed E-state index contributed by atoms with van der Waals surface area (Å²) in [5.41, 5.74) is 2.37. The van der Waals surface area contributed by atoms with Gasteiger partial charge in [-0.1, -0.05) is 29.8 Å². The van der Waals surface area contributed by atoms with Gasteiger partial charge in [0, 0.05) is 0 Å². The first-order chi connectivity index (χ1) is 12.4. The number of H-pyrrole nitrogens is 1. The maximum atomic E-state index is 12.1. The summed E-state index contributed by atoms with van der Waals surface area (Å²) in [7, 11) is 0. The normalized spacial score (nSPS) is 12.0. The van der Waals surface area contributed by atoms with E-state index in [-0.39, 0.29) is 12.2 Å². The van der Waals surface area contributed by atoms with Crippen molar-refractivity contribution in [3.05, 3.63) is 69.8 Å². The standard InChI is InChI=1S/C20H20N2O4/c1-12-8-9-17(13(2)10-12)25-11-18(23)26-14(3)19-21-16-7-5-4-6-15(16)20(24)22-19/h4-10,14H,11H2,1-3H3,(H,21,22,24)/t14-/m0/s1. The highest BCUT2D eigenvalue weighted by molar-refractivity contribution is 5.77. The number of carbonyl (C=O) groups is 1. The van der Waals surface area contributed by atoms with E-state index in [1.807, 2.05) is 32.0 Å². The van der Waals surface area contributed by atoms with E-state index in [1.165, 1.54) is 0 Å². The fourth-order valence-corrected chi connectivity index (χ4v) is 2.68. The minimum absolute atomic E-state index is 0.216. The van der Waals surface area contributed by atoms with Crippen LogP contribution >= 0.6 is 0 Å². The molecule has 0 saturated heterocycles. The Morgan fingerprint density at radius 1 is 1.19 bits per heavy atom. The van der Waals surface area contributed by atoms with Gasteiger partial charge in [0.1, 0.15) is 5.75 Å². The van der Waals surface area contributed by atoms with Gasteiger partial charge in [-0.2, -0.15) is 0 Å². The molecular weight excluding hydrogens is 332 g/mol. The van der Waals surface area contributed by atoms with Gasteiger partial charge in [0.05, 0.1) is 10.9 Å². The van der Waals surface area contributed by atoms with Gasteiger partial charge in [-0.25, -0.2) is 9.78 Å². The molecule has 0 amide bonds. The fourth-order valence-electron chi connectivity index (χ4n) is 2.68. The maximum absolute atomic E-state index is 12.1. The Kier molecular flexibility index (Phi) is 5.02. The number of aryl methyl sites for hydroxylation is 2. The first-order valence-electron chi connectivity index (χ1n) is 8.32. The molecule has 2 aromatic carbocycles. The van der Waals surface area contributed by atoms with Crippen molar-refractivity contribution in [1.29, 1.82) is 0 Å². The molecule has 0 fully saturated rings. The molecule has 1 heterocycles. The number of rotatable bonds is 5. The van der Waals surface area contributed by atoms with Crippen LogP contribution in [0.1, 0.15) is 30.0 Å². The summed E-state index contributed by atoms with van der Waals surface area (Å²) in [5.74, 6) is 0.402. The van der Waals surface area contributed by atoms with Gasteiger partial charge >= 0.3 is 5.97 Å². The lowest BCUT2D eigenvalue weighted by atomic mass is 10.1. The third-order valence-corrected chi connectivity index (χ3v) is 4.00. The van der Waals surface area contributed by atoms with E-state index < -0.39 is 12.1 Å². The summed E-state index contributed by atoms with van der Waals surface area (Å²) in [5, 5.41) is 0.493. The summed E-state index contributed by atoms with van der Waals surface area (Å²) in [6.45, 7) is 5.35. The summed E-state index contributed by atoms with van der Waals surface area (Å²) >= 11 is 0. The van der Waals surface area contributed by atoms with E-state index in [1.54, 1.807) is 31.2 Å².